The number of hydrogen-bond donors (Lipinski definition) is 0. The molecular weight excluding hydrogens is 150 g/mol. The number of hydrogen-bond acceptors (Lipinski definition) is 2. The van der Waals surface area contributed by atoms with E-state index in [2.05, 4.69) is 6.92 Å². The summed E-state index contributed by atoms with van der Waals surface area (Å²) in [5.74, 6) is -0.0498. The van der Waals surface area contributed by atoms with Crippen molar-refractivity contribution in [3.63, 3.8) is 0 Å². The first kappa shape index (κ1) is 8.64. The van der Waals surface area contributed by atoms with Crippen LogP contribution in [0.15, 0.2) is 0 Å². The van der Waals surface area contributed by atoms with Crippen molar-refractivity contribution in [2.45, 2.75) is 43.3 Å². The van der Waals surface area contributed by atoms with Crippen molar-refractivity contribution in [2.24, 2.45) is 0 Å². The van der Waals surface area contributed by atoms with Gasteiger partial charge in [0, 0.05) is 12.6 Å². The van der Waals surface area contributed by atoms with Gasteiger partial charge in [0.25, 0.3) is 0 Å². The van der Waals surface area contributed by atoms with E-state index in [1.54, 1.807) is 0 Å². The van der Waals surface area contributed by atoms with E-state index in [0.717, 1.165) is 19.4 Å². The fraction of sp³-hybridized carbons (Fsp3) is 1.00. The van der Waals surface area contributed by atoms with Crippen LogP contribution in [0.1, 0.15) is 19.8 Å². The fourth-order valence-corrected chi connectivity index (χ4v) is 2.21. The Kier molecular flexibility index (Phi) is 2.00. The molecule has 2 aliphatic heterocycles. The largest absolute Gasteiger partial charge is 0.379 e. The van der Waals surface area contributed by atoms with Crippen molar-refractivity contribution in [3.8, 4) is 0 Å². The summed E-state index contributed by atoms with van der Waals surface area (Å²) in [4.78, 5) is 0. The van der Waals surface area contributed by atoms with Gasteiger partial charge >= 0.3 is 0 Å². The van der Waals surface area contributed by atoms with Gasteiger partial charge in [-0.05, 0) is 18.7 Å². The Bertz CT molecular complexity index is 188. The highest BCUT2D eigenvalue weighted by Crippen LogP contribution is 2.47. The molecule has 4 atom stereocenters. The zero-order valence-corrected chi connectivity index (χ0v) is 7.32. The van der Waals surface area contributed by atoms with Gasteiger partial charge in [-0.25, -0.2) is 0 Å². The highest BCUT2D eigenvalue weighted by atomic mass is 16.6. The highest BCUT2D eigenvalue weighted by Gasteiger charge is 2.52. The van der Waals surface area contributed by atoms with Gasteiger partial charge < -0.3 is 9.47 Å². The van der Waals surface area contributed by atoms with Crippen LogP contribution in [0.5, 0.6) is 0 Å². The minimum atomic E-state index is -0.331. The summed E-state index contributed by atoms with van der Waals surface area (Å²) < 4.78 is 11.1. The molecule has 0 aromatic rings. The molecule has 2 fully saturated rings. The Balaban J connectivity index is 2.24. The third-order valence-electron chi connectivity index (χ3n) is 3.09. The maximum atomic E-state index is 5.99. The van der Waals surface area contributed by atoms with Crippen molar-refractivity contribution < 1.29 is 9.47 Å². The average Bonchev–Trinajstić information content (AvgIpc) is 2.23. The summed E-state index contributed by atoms with van der Waals surface area (Å²) in [7, 11) is 11.7. The van der Waals surface area contributed by atoms with Crippen LogP contribution in [0.25, 0.3) is 0 Å². The molecular formula is C8H12B2O2. The third-order valence-corrected chi connectivity index (χ3v) is 3.09. The molecule has 62 valence electrons. The topological polar surface area (TPSA) is 18.5 Å². The standard InChI is InChI=1S/C8H12B2O2/c1-2-8-3-4-11-5(6(8)9)7(10)12-8/h5-7H,2-4H2,1H3/t5?,6-,7-,8+/m1/s1. The lowest BCUT2D eigenvalue weighted by atomic mass is 9.66. The predicted molar refractivity (Wildman–Crippen MR) is 47.5 cm³/mol. The second-order valence-corrected chi connectivity index (χ2v) is 3.61. The predicted octanol–water partition coefficient (Wildman–Crippen LogP) is 0.406. The molecule has 0 aliphatic carbocycles. The first-order chi connectivity index (χ1) is 5.69. The van der Waals surface area contributed by atoms with Crippen molar-refractivity contribution in [1.82, 2.24) is 0 Å². The van der Waals surface area contributed by atoms with E-state index in [4.69, 9.17) is 25.2 Å². The molecule has 4 radical (unpaired) electrons. The zero-order valence-electron chi connectivity index (χ0n) is 7.32. The Labute approximate surface area is 75.8 Å². The third kappa shape index (κ3) is 0.975. The second-order valence-electron chi connectivity index (χ2n) is 3.61. The Morgan fingerprint density at radius 2 is 2.25 bits per heavy atom. The van der Waals surface area contributed by atoms with E-state index in [1.165, 1.54) is 0 Å². The number of ether oxygens (including phenoxy) is 2. The smallest absolute Gasteiger partial charge is 0.112 e. The first-order valence-electron chi connectivity index (χ1n) is 4.50. The molecule has 0 spiro atoms. The van der Waals surface area contributed by atoms with Crippen LogP contribution in [-0.2, 0) is 9.47 Å². The van der Waals surface area contributed by atoms with Crippen molar-refractivity contribution in [2.75, 3.05) is 6.61 Å². The van der Waals surface area contributed by atoms with Gasteiger partial charge in [-0.2, -0.15) is 0 Å². The van der Waals surface area contributed by atoms with Gasteiger partial charge in [0.1, 0.15) is 7.85 Å². The van der Waals surface area contributed by atoms with E-state index in [9.17, 15) is 0 Å². The maximum absolute atomic E-state index is 5.99. The van der Waals surface area contributed by atoms with Crippen molar-refractivity contribution in [1.29, 1.82) is 0 Å². The lowest BCUT2D eigenvalue weighted by Gasteiger charge is -2.37. The van der Waals surface area contributed by atoms with Gasteiger partial charge in [0.05, 0.1) is 19.6 Å². The van der Waals surface area contributed by atoms with Crippen LogP contribution >= 0.6 is 0 Å². The molecule has 2 bridgehead atoms. The molecule has 0 amide bonds. The molecule has 2 nitrogen and oxygen atoms in total. The van der Waals surface area contributed by atoms with Crippen LogP contribution in [0.3, 0.4) is 0 Å². The molecule has 0 saturated carbocycles. The zero-order chi connectivity index (χ0) is 8.77. The second kappa shape index (κ2) is 2.78. The normalized spacial score (nSPS) is 52.6. The van der Waals surface area contributed by atoms with Gasteiger partial charge in [-0.15, -0.1) is 0 Å². The van der Waals surface area contributed by atoms with Gasteiger partial charge in [0.2, 0.25) is 0 Å². The summed E-state index contributed by atoms with van der Waals surface area (Å²) in [5, 5.41) is 0. The van der Waals surface area contributed by atoms with Crippen LogP contribution in [0.2, 0.25) is 5.82 Å². The Morgan fingerprint density at radius 1 is 1.50 bits per heavy atom. The fourth-order valence-electron chi connectivity index (χ4n) is 2.21. The lowest BCUT2D eigenvalue weighted by molar-refractivity contribution is -0.0286. The highest BCUT2D eigenvalue weighted by molar-refractivity contribution is 6.17. The first-order valence-corrected chi connectivity index (χ1v) is 4.50. The summed E-state index contributed by atoms with van der Waals surface area (Å²) in [6.07, 6.45) is 1.69. The molecule has 0 aromatic carbocycles. The van der Waals surface area contributed by atoms with Gasteiger partial charge in [0.15, 0.2) is 0 Å². The van der Waals surface area contributed by atoms with Crippen LogP contribution in [0, 0.1) is 0 Å². The molecule has 12 heavy (non-hydrogen) atoms. The SMILES string of the molecule is [B][C@@H]1O[C@@]2(CC)CCOC1[C@H]2[B]. The maximum Gasteiger partial charge on any atom is 0.112 e. The summed E-state index contributed by atoms with van der Waals surface area (Å²) >= 11 is 0. The molecule has 0 N–H and O–H groups in total. The molecule has 4 heteroatoms. The average molecular weight is 162 g/mol. The minimum absolute atomic E-state index is 0.0498. The Hall–Kier alpha value is 0.0499. The van der Waals surface area contributed by atoms with E-state index in [-0.39, 0.29) is 23.5 Å². The summed E-state index contributed by atoms with van der Waals surface area (Å²) in [6.45, 7) is 2.81. The molecule has 1 unspecified atom stereocenters. The molecule has 2 aliphatic rings. The monoisotopic (exact) mass is 162 g/mol. The van der Waals surface area contributed by atoms with Crippen molar-refractivity contribution in [3.05, 3.63) is 0 Å². The number of fused-ring (bicyclic) bond motifs is 2. The molecule has 2 heterocycles. The van der Waals surface area contributed by atoms with Crippen LogP contribution < -0.4 is 0 Å². The van der Waals surface area contributed by atoms with E-state index >= 15 is 0 Å². The van der Waals surface area contributed by atoms with E-state index in [0.29, 0.717) is 0 Å². The molecule has 2 saturated heterocycles. The van der Waals surface area contributed by atoms with Crippen molar-refractivity contribution >= 4 is 15.7 Å². The van der Waals surface area contributed by atoms with Crippen LogP contribution in [-0.4, -0.2) is 40.0 Å². The van der Waals surface area contributed by atoms with E-state index in [1.807, 2.05) is 0 Å². The summed E-state index contributed by atoms with van der Waals surface area (Å²) in [6, 6.07) is -0.331. The lowest BCUT2D eigenvalue weighted by Crippen LogP contribution is -2.40. The molecule has 2 rings (SSSR count). The van der Waals surface area contributed by atoms with Gasteiger partial charge in [-0.1, -0.05) is 6.92 Å². The quantitative estimate of drug-likeness (QED) is 0.519. The number of rotatable bonds is 1. The van der Waals surface area contributed by atoms with Gasteiger partial charge in [-0.3, -0.25) is 0 Å². The molecule has 0 aromatic heterocycles. The Morgan fingerprint density at radius 3 is 2.83 bits per heavy atom. The summed E-state index contributed by atoms with van der Waals surface area (Å²) in [5.41, 5.74) is -0.206. The van der Waals surface area contributed by atoms with E-state index < -0.39 is 0 Å². The van der Waals surface area contributed by atoms with Crippen LogP contribution in [0.4, 0.5) is 0 Å². The minimum Gasteiger partial charge on any atom is -0.379 e.